The van der Waals surface area contributed by atoms with Gasteiger partial charge in [0.15, 0.2) is 11.5 Å². The molecule has 0 aliphatic heterocycles. The monoisotopic (exact) mass is 349 g/mol. The van der Waals surface area contributed by atoms with E-state index in [1.165, 1.54) is 44.2 Å². The summed E-state index contributed by atoms with van der Waals surface area (Å²) in [5.74, 6) is 0.00789. The molecule has 0 fully saturated rings. The first kappa shape index (κ1) is 17.6. The number of ether oxygens (including phenoxy) is 3. The fourth-order valence-electron chi connectivity index (χ4n) is 2.03. The number of methoxy groups -OCH3 is 2. The Labute approximate surface area is 142 Å². The van der Waals surface area contributed by atoms with Crippen molar-refractivity contribution in [3.63, 3.8) is 0 Å². The third kappa shape index (κ3) is 3.60. The number of para-hydroxylation sites is 1. The van der Waals surface area contributed by atoms with Crippen molar-refractivity contribution in [1.29, 1.82) is 0 Å². The summed E-state index contributed by atoms with van der Waals surface area (Å²) in [6, 6.07) is 9.10. The van der Waals surface area contributed by atoms with Crippen molar-refractivity contribution >= 4 is 23.4 Å². The average Bonchev–Trinajstić information content (AvgIpc) is 2.61. The molecule has 0 N–H and O–H groups in total. The minimum absolute atomic E-state index is 0.0625. The van der Waals surface area contributed by atoms with Gasteiger partial charge < -0.3 is 14.2 Å². The summed E-state index contributed by atoms with van der Waals surface area (Å²) in [5, 5.41) is 11.1. The molecule has 0 aliphatic carbocycles. The Morgan fingerprint density at radius 1 is 1.12 bits per heavy atom. The van der Waals surface area contributed by atoms with Gasteiger partial charge in [0.2, 0.25) is 5.75 Å². The molecule has 0 aliphatic rings. The first-order valence-corrected chi connectivity index (χ1v) is 8.00. The Hall–Kier alpha value is -2.74. The molecule has 0 saturated heterocycles. The second-order valence-corrected chi connectivity index (χ2v) is 5.37. The Morgan fingerprint density at radius 3 is 2.25 bits per heavy atom. The highest BCUT2D eigenvalue weighted by atomic mass is 32.2. The summed E-state index contributed by atoms with van der Waals surface area (Å²) in [5.41, 5.74) is -0.0867. The summed E-state index contributed by atoms with van der Waals surface area (Å²) in [6.45, 7) is 0. The molecule has 0 atom stereocenters. The van der Waals surface area contributed by atoms with Crippen LogP contribution in [0.15, 0.2) is 41.3 Å². The quantitative estimate of drug-likeness (QED) is 0.259. The molecule has 7 nitrogen and oxygen atoms in total. The van der Waals surface area contributed by atoms with E-state index >= 15 is 0 Å². The van der Waals surface area contributed by atoms with Gasteiger partial charge in [-0.3, -0.25) is 10.1 Å². The van der Waals surface area contributed by atoms with Crippen LogP contribution in [0.4, 0.5) is 5.69 Å². The number of rotatable bonds is 6. The van der Waals surface area contributed by atoms with Crippen LogP contribution in [-0.4, -0.2) is 31.4 Å². The Morgan fingerprint density at radius 2 is 1.75 bits per heavy atom. The van der Waals surface area contributed by atoms with Gasteiger partial charge in [0.05, 0.1) is 29.6 Å². The molecular weight excluding hydrogens is 334 g/mol. The van der Waals surface area contributed by atoms with Gasteiger partial charge in [0, 0.05) is 6.07 Å². The predicted molar refractivity (Wildman–Crippen MR) is 89.4 cm³/mol. The lowest BCUT2D eigenvalue weighted by Crippen LogP contribution is -2.10. The van der Waals surface area contributed by atoms with E-state index in [1.807, 2.05) is 0 Å². The van der Waals surface area contributed by atoms with E-state index in [0.717, 1.165) is 0 Å². The number of hydrogen-bond donors (Lipinski definition) is 0. The minimum Gasteiger partial charge on any atom is -0.493 e. The molecule has 0 heterocycles. The van der Waals surface area contributed by atoms with Crippen LogP contribution in [0.3, 0.4) is 0 Å². The SMILES string of the molecule is COc1cccc(OC)c1OC(=O)c1ccc(SC)c([N+](=O)[O-])c1. The Balaban J connectivity index is 2.38. The second kappa shape index (κ2) is 7.69. The molecule has 24 heavy (non-hydrogen) atoms. The second-order valence-electron chi connectivity index (χ2n) is 4.52. The van der Waals surface area contributed by atoms with Crippen molar-refractivity contribution in [2.24, 2.45) is 0 Å². The van der Waals surface area contributed by atoms with E-state index in [0.29, 0.717) is 16.4 Å². The largest absolute Gasteiger partial charge is 0.493 e. The summed E-state index contributed by atoms with van der Waals surface area (Å²) in [4.78, 5) is 23.4. The van der Waals surface area contributed by atoms with Crippen molar-refractivity contribution in [2.75, 3.05) is 20.5 Å². The summed E-state index contributed by atoms with van der Waals surface area (Å²) in [7, 11) is 2.87. The van der Waals surface area contributed by atoms with Crippen molar-refractivity contribution in [2.45, 2.75) is 4.90 Å². The van der Waals surface area contributed by atoms with E-state index in [2.05, 4.69) is 0 Å². The van der Waals surface area contributed by atoms with Crippen LogP contribution in [0, 0.1) is 10.1 Å². The van der Waals surface area contributed by atoms with Crippen LogP contribution >= 0.6 is 11.8 Å². The summed E-state index contributed by atoms with van der Waals surface area (Å²) >= 11 is 1.23. The van der Waals surface area contributed by atoms with Crippen molar-refractivity contribution < 1.29 is 23.9 Å². The van der Waals surface area contributed by atoms with Crippen molar-refractivity contribution in [1.82, 2.24) is 0 Å². The highest BCUT2D eigenvalue weighted by molar-refractivity contribution is 7.98. The van der Waals surface area contributed by atoms with E-state index in [1.54, 1.807) is 24.5 Å². The number of benzene rings is 2. The molecule has 0 unspecified atom stereocenters. The third-order valence-electron chi connectivity index (χ3n) is 3.19. The number of hydrogen-bond acceptors (Lipinski definition) is 7. The molecular formula is C16H15NO6S. The topological polar surface area (TPSA) is 87.9 Å². The smallest absolute Gasteiger partial charge is 0.344 e. The first-order valence-electron chi connectivity index (χ1n) is 6.77. The highest BCUT2D eigenvalue weighted by Crippen LogP contribution is 2.37. The molecule has 0 saturated carbocycles. The highest BCUT2D eigenvalue weighted by Gasteiger charge is 2.21. The predicted octanol–water partition coefficient (Wildman–Crippen LogP) is 3.55. The van der Waals surface area contributed by atoms with Gasteiger partial charge in [-0.15, -0.1) is 11.8 Å². The fourth-order valence-corrected chi connectivity index (χ4v) is 2.58. The number of esters is 1. The summed E-state index contributed by atoms with van der Waals surface area (Å²) < 4.78 is 15.6. The van der Waals surface area contributed by atoms with E-state index < -0.39 is 10.9 Å². The number of carbonyl (C=O) groups excluding carboxylic acids is 1. The molecule has 2 aromatic rings. The lowest BCUT2D eigenvalue weighted by Gasteiger charge is -2.12. The number of nitro benzene ring substituents is 1. The van der Waals surface area contributed by atoms with Gasteiger partial charge in [-0.1, -0.05) is 6.07 Å². The van der Waals surface area contributed by atoms with Crippen LogP contribution in [0.1, 0.15) is 10.4 Å². The Bertz CT molecular complexity index is 755. The normalized spacial score (nSPS) is 10.1. The van der Waals surface area contributed by atoms with Crippen LogP contribution < -0.4 is 14.2 Å². The van der Waals surface area contributed by atoms with Gasteiger partial charge >= 0.3 is 5.97 Å². The van der Waals surface area contributed by atoms with Crippen molar-refractivity contribution in [3.8, 4) is 17.2 Å². The fraction of sp³-hybridized carbons (Fsp3) is 0.188. The molecule has 0 radical (unpaired) electrons. The van der Waals surface area contributed by atoms with E-state index in [9.17, 15) is 14.9 Å². The number of nitrogens with zero attached hydrogens (tertiary/aromatic N) is 1. The molecule has 0 aromatic heterocycles. The van der Waals surface area contributed by atoms with Crippen molar-refractivity contribution in [3.05, 3.63) is 52.1 Å². The zero-order chi connectivity index (χ0) is 17.7. The molecule has 0 spiro atoms. The maximum absolute atomic E-state index is 12.4. The first-order chi connectivity index (χ1) is 11.5. The molecule has 126 valence electrons. The van der Waals surface area contributed by atoms with Gasteiger partial charge in [-0.25, -0.2) is 4.79 Å². The molecule has 2 aromatic carbocycles. The number of nitro groups is 1. The minimum atomic E-state index is -0.742. The number of thioether (sulfide) groups is 1. The summed E-state index contributed by atoms with van der Waals surface area (Å²) in [6.07, 6.45) is 1.72. The van der Waals surface area contributed by atoms with Gasteiger partial charge in [0.25, 0.3) is 5.69 Å². The standard InChI is InChI=1S/C16H15NO6S/c1-21-12-5-4-6-13(22-2)15(12)23-16(18)10-7-8-14(24-3)11(9-10)17(19)20/h4-9H,1-3H3. The van der Waals surface area contributed by atoms with Crippen LogP contribution in [0.25, 0.3) is 0 Å². The van der Waals surface area contributed by atoms with Gasteiger partial charge in [-0.05, 0) is 30.5 Å². The maximum atomic E-state index is 12.4. The zero-order valence-corrected chi connectivity index (χ0v) is 14.1. The lowest BCUT2D eigenvalue weighted by atomic mass is 10.2. The van der Waals surface area contributed by atoms with Gasteiger partial charge in [0.1, 0.15) is 0 Å². The zero-order valence-electron chi connectivity index (χ0n) is 13.3. The molecule has 0 bridgehead atoms. The van der Waals surface area contributed by atoms with E-state index in [4.69, 9.17) is 14.2 Å². The lowest BCUT2D eigenvalue weighted by molar-refractivity contribution is -0.387. The Kier molecular flexibility index (Phi) is 5.64. The van der Waals surface area contributed by atoms with E-state index in [-0.39, 0.29) is 17.0 Å². The van der Waals surface area contributed by atoms with Gasteiger partial charge in [-0.2, -0.15) is 0 Å². The number of carbonyl (C=O) groups is 1. The average molecular weight is 349 g/mol. The van der Waals surface area contributed by atoms with Crippen LogP contribution in [0.2, 0.25) is 0 Å². The maximum Gasteiger partial charge on any atom is 0.344 e. The third-order valence-corrected chi connectivity index (χ3v) is 3.97. The molecule has 8 heteroatoms. The van der Waals surface area contributed by atoms with Crippen LogP contribution in [-0.2, 0) is 0 Å². The van der Waals surface area contributed by atoms with Crippen LogP contribution in [0.5, 0.6) is 17.2 Å². The molecule has 2 rings (SSSR count). The molecule has 0 amide bonds.